The quantitative estimate of drug-likeness (QED) is 0.0868. The van der Waals surface area contributed by atoms with E-state index in [1.807, 2.05) is 17.5 Å². The third-order valence-electron chi connectivity index (χ3n) is 6.99. The molecule has 9 nitrogen and oxygen atoms in total. The fraction of sp³-hybridized carbons (Fsp3) is 0.111. The number of thioether (sulfide) groups is 1. The van der Waals surface area contributed by atoms with Crippen molar-refractivity contribution >= 4 is 80.9 Å². The number of benzene rings is 4. The first-order valence-corrected chi connectivity index (χ1v) is 17.2. The van der Waals surface area contributed by atoms with Crippen LogP contribution in [0, 0.1) is 0 Å². The van der Waals surface area contributed by atoms with Crippen LogP contribution in [0.4, 0.5) is 10.8 Å². The first-order chi connectivity index (χ1) is 23.6. The van der Waals surface area contributed by atoms with Crippen molar-refractivity contribution in [1.29, 1.82) is 0 Å². The number of rotatable bonds is 12. The summed E-state index contributed by atoms with van der Waals surface area (Å²) in [4.78, 5) is 45.1. The summed E-state index contributed by atoms with van der Waals surface area (Å²) in [6, 6.07) is 26.0. The Morgan fingerprint density at radius 2 is 1.67 bits per heavy atom. The van der Waals surface area contributed by atoms with E-state index in [-0.39, 0.29) is 11.6 Å². The normalized spacial score (nSPS) is 11.7. The van der Waals surface area contributed by atoms with Crippen LogP contribution in [0.25, 0.3) is 17.3 Å². The Morgan fingerprint density at radius 3 is 2.41 bits per heavy atom. The molecule has 13 heteroatoms. The molecule has 3 amide bonds. The molecular formula is C36H30Cl2N4O5S2. The van der Waals surface area contributed by atoms with Gasteiger partial charge in [0.2, 0.25) is 5.91 Å². The lowest BCUT2D eigenvalue weighted by atomic mass is 10.1. The topological polar surface area (TPSA) is 119 Å². The predicted molar refractivity (Wildman–Crippen MR) is 198 cm³/mol. The van der Waals surface area contributed by atoms with Gasteiger partial charge in [-0.05, 0) is 73.7 Å². The van der Waals surface area contributed by atoms with E-state index in [1.54, 1.807) is 85.8 Å². The SMILES string of the molecule is COc1ccc(OC)c(/C=C(/NC(=O)c2ccccc2)C(=O)Nc2cccc(SC(C)C(=O)Nc3nc(-c4ccc(Cl)c(Cl)c4)cs3)c2)c1. The first-order valence-electron chi connectivity index (χ1n) is 14.7. The number of aromatic nitrogens is 1. The van der Waals surface area contributed by atoms with Gasteiger partial charge in [-0.25, -0.2) is 4.98 Å². The highest BCUT2D eigenvalue weighted by molar-refractivity contribution is 8.00. The zero-order valence-corrected chi connectivity index (χ0v) is 29.6. The zero-order valence-electron chi connectivity index (χ0n) is 26.5. The van der Waals surface area contributed by atoms with Crippen molar-refractivity contribution in [2.75, 3.05) is 24.9 Å². The molecular weight excluding hydrogens is 703 g/mol. The highest BCUT2D eigenvalue weighted by atomic mass is 35.5. The Labute approximate surface area is 301 Å². The molecule has 0 saturated carbocycles. The highest BCUT2D eigenvalue weighted by Crippen LogP contribution is 2.32. The Balaban J connectivity index is 1.29. The number of hydrogen-bond donors (Lipinski definition) is 3. The minimum Gasteiger partial charge on any atom is -0.497 e. The minimum atomic E-state index is -0.566. The van der Waals surface area contributed by atoms with Crippen LogP contribution >= 0.6 is 46.3 Å². The molecule has 49 heavy (non-hydrogen) atoms. The summed E-state index contributed by atoms with van der Waals surface area (Å²) in [5.41, 5.74) is 2.80. The van der Waals surface area contributed by atoms with E-state index in [2.05, 4.69) is 20.9 Å². The molecule has 4 aromatic carbocycles. The van der Waals surface area contributed by atoms with E-state index in [4.69, 9.17) is 32.7 Å². The summed E-state index contributed by atoms with van der Waals surface area (Å²) in [6.45, 7) is 1.78. The second-order valence-corrected chi connectivity index (χ2v) is 13.5. The van der Waals surface area contributed by atoms with Gasteiger partial charge in [0.05, 0.1) is 35.2 Å². The minimum absolute atomic E-state index is 0.0186. The van der Waals surface area contributed by atoms with Crippen molar-refractivity contribution in [2.45, 2.75) is 17.1 Å². The molecule has 250 valence electrons. The summed E-state index contributed by atoms with van der Waals surface area (Å²) in [5, 5.41) is 11.1. The first kappa shape index (κ1) is 35.5. The van der Waals surface area contributed by atoms with Crippen LogP contribution < -0.4 is 25.4 Å². The van der Waals surface area contributed by atoms with Crippen LogP contribution in [0.15, 0.2) is 107 Å². The van der Waals surface area contributed by atoms with Gasteiger partial charge in [-0.1, -0.05) is 53.5 Å². The van der Waals surface area contributed by atoms with Crippen LogP contribution in [-0.4, -0.2) is 42.2 Å². The summed E-state index contributed by atoms with van der Waals surface area (Å²) >= 11 is 14.8. The molecule has 5 aromatic rings. The number of carbonyl (C=O) groups is 3. The Hall–Kier alpha value is -4.81. The number of halogens is 2. The van der Waals surface area contributed by atoms with Crippen molar-refractivity contribution < 1.29 is 23.9 Å². The van der Waals surface area contributed by atoms with Crippen LogP contribution in [0.3, 0.4) is 0 Å². The molecule has 0 aliphatic rings. The molecule has 0 bridgehead atoms. The number of carbonyl (C=O) groups excluding carboxylic acids is 3. The molecule has 1 aromatic heterocycles. The van der Waals surface area contributed by atoms with Gasteiger partial charge < -0.3 is 25.4 Å². The Kier molecular flexibility index (Phi) is 12.0. The summed E-state index contributed by atoms with van der Waals surface area (Å²) < 4.78 is 10.8. The van der Waals surface area contributed by atoms with Gasteiger partial charge in [-0.3, -0.25) is 14.4 Å². The Bertz CT molecular complexity index is 2020. The zero-order chi connectivity index (χ0) is 34.9. The van der Waals surface area contributed by atoms with Gasteiger partial charge in [0.1, 0.15) is 17.2 Å². The largest absolute Gasteiger partial charge is 0.497 e. The lowest BCUT2D eigenvalue weighted by Gasteiger charge is -2.14. The van der Waals surface area contributed by atoms with Crippen LogP contribution in [0.1, 0.15) is 22.8 Å². The Morgan fingerprint density at radius 1 is 0.878 bits per heavy atom. The molecule has 1 heterocycles. The molecule has 0 aliphatic carbocycles. The van der Waals surface area contributed by atoms with Crippen molar-refractivity contribution in [3.63, 3.8) is 0 Å². The fourth-order valence-corrected chi connectivity index (χ4v) is 6.43. The predicted octanol–water partition coefficient (Wildman–Crippen LogP) is 8.66. The number of nitrogens with zero attached hydrogens (tertiary/aromatic N) is 1. The van der Waals surface area contributed by atoms with E-state index in [0.717, 1.165) is 10.5 Å². The van der Waals surface area contributed by atoms with E-state index in [9.17, 15) is 14.4 Å². The second kappa shape index (κ2) is 16.5. The number of nitrogens with one attached hydrogen (secondary N) is 3. The number of anilines is 2. The van der Waals surface area contributed by atoms with Gasteiger partial charge in [0, 0.05) is 32.7 Å². The molecule has 3 N–H and O–H groups in total. The molecule has 5 rings (SSSR count). The van der Waals surface area contributed by atoms with E-state index < -0.39 is 17.1 Å². The van der Waals surface area contributed by atoms with E-state index in [1.165, 1.54) is 43.4 Å². The molecule has 0 saturated heterocycles. The molecule has 0 spiro atoms. The number of methoxy groups -OCH3 is 2. The summed E-state index contributed by atoms with van der Waals surface area (Å²) in [6.07, 6.45) is 1.52. The van der Waals surface area contributed by atoms with Crippen molar-refractivity contribution in [3.05, 3.63) is 123 Å². The van der Waals surface area contributed by atoms with Crippen molar-refractivity contribution in [2.24, 2.45) is 0 Å². The molecule has 0 fully saturated rings. The number of hydrogen-bond acceptors (Lipinski definition) is 8. The molecule has 0 radical (unpaired) electrons. The van der Waals surface area contributed by atoms with Crippen LogP contribution in [-0.2, 0) is 9.59 Å². The third-order valence-corrected chi connectivity index (χ3v) is 9.58. The highest BCUT2D eigenvalue weighted by Gasteiger charge is 2.19. The van der Waals surface area contributed by atoms with Gasteiger partial charge in [-0.2, -0.15) is 0 Å². The fourth-order valence-electron chi connectivity index (χ4n) is 4.48. The summed E-state index contributed by atoms with van der Waals surface area (Å²) in [5.74, 6) is -0.239. The number of thiazole rings is 1. The maximum absolute atomic E-state index is 13.7. The van der Waals surface area contributed by atoms with Gasteiger partial charge >= 0.3 is 0 Å². The van der Waals surface area contributed by atoms with Gasteiger partial charge in [0.15, 0.2) is 5.13 Å². The average Bonchev–Trinajstić information content (AvgIpc) is 3.57. The van der Waals surface area contributed by atoms with Crippen LogP contribution in [0.5, 0.6) is 11.5 Å². The molecule has 1 atom stereocenters. The maximum atomic E-state index is 13.7. The number of amides is 3. The molecule has 1 unspecified atom stereocenters. The van der Waals surface area contributed by atoms with Gasteiger partial charge in [-0.15, -0.1) is 23.1 Å². The lowest BCUT2D eigenvalue weighted by Crippen LogP contribution is -2.30. The van der Waals surface area contributed by atoms with E-state index >= 15 is 0 Å². The molecule has 0 aliphatic heterocycles. The average molecular weight is 734 g/mol. The van der Waals surface area contributed by atoms with Crippen LogP contribution in [0.2, 0.25) is 10.0 Å². The smallest absolute Gasteiger partial charge is 0.272 e. The van der Waals surface area contributed by atoms with E-state index in [0.29, 0.717) is 49.2 Å². The second-order valence-electron chi connectivity index (χ2n) is 10.4. The van der Waals surface area contributed by atoms with Crippen molar-refractivity contribution in [1.82, 2.24) is 10.3 Å². The monoisotopic (exact) mass is 732 g/mol. The van der Waals surface area contributed by atoms with Crippen molar-refractivity contribution in [3.8, 4) is 22.8 Å². The summed E-state index contributed by atoms with van der Waals surface area (Å²) in [7, 11) is 3.04. The standard InChI is InChI=1S/C36H30Cl2N4O5S2/c1-21(33(43)42-36-41-31(20-48-36)23-12-14-28(37)29(38)17-23)49-27-11-7-10-25(19-27)39-35(45)30(40-34(44)22-8-5-4-6-9-22)18-24-16-26(46-2)13-15-32(24)47-3/h4-21H,1-3H3,(H,39,45)(H,40,44)(H,41,42,43)/b30-18+. The number of ether oxygens (including phenoxy) is 2. The lowest BCUT2D eigenvalue weighted by molar-refractivity contribution is -0.115. The third kappa shape index (κ3) is 9.42. The van der Waals surface area contributed by atoms with Gasteiger partial charge in [0.25, 0.3) is 11.8 Å². The maximum Gasteiger partial charge on any atom is 0.272 e.